The molecule has 1 saturated heterocycles. The third-order valence-electron chi connectivity index (χ3n) is 4.25. The van der Waals surface area contributed by atoms with E-state index >= 15 is 0 Å². The smallest absolute Gasteiger partial charge is 0.309 e. The number of rotatable bonds is 3. The molecule has 5 nitrogen and oxygen atoms in total. The Balaban J connectivity index is 1.59. The fraction of sp³-hybridized carbons (Fsp3) is 0.471. The number of likely N-dealkylation sites (tertiary alicyclic amines) is 1. The van der Waals surface area contributed by atoms with Crippen LogP contribution < -0.4 is 0 Å². The summed E-state index contributed by atoms with van der Waals surface area (Å²) in [5, 5.41) is 0. The van der Waals surface area contributed by atoms with Crippen LogP contribution >= 0.6 is 0 Å². The number of nitrogens with zero attached hydrogens (tertiary/aromatic N) is 2. The van der Waals surface area contributed by atoms with Gasteiger partial charge in [0.2, 0.25) is 0 Å². The Hall–Kier alpha value is -2.17. The Bertz CT molecular complexity index is 616. The molecule has 1 aromatic rings. The zero-order valence-corrected chi connectivity index (χ0v) is 12.7. The molecular weight excluding hydrogens is 280 g/mol. The van der Waals surface area contributed by atoms with Crippen molar-refractivity contribution in [1.29, 1.82) is 0 Å². The molecule has 116 valence electrons. The number of hydrogen-bond donors (Lipinski definition) is 0. The number of aliphatic imine (C=N–C) groups is 1. The Morgan fingerprint density at radius 2 is 2.00 bits per heavy atom. The lowest BCUT2D eigenvalue weighted by atomic mass is 9.96. The van der Waals surface area contributed by atoms with E-state index < -0.39 is 0 Å². The topological polar surface area (TPSA) is 59.0 Å². The fourth-order valence-corrected chi connectivity index (χ4v) is 3.02. The lowest BCUT2D eigenvalue weighted by Crippen LogP contribution is -2.43. The van der Waals surface area contributed by atoms with Gasteiger partial charge in [0.15, 0.2) is 0 Å². The quantitative estimate of drug-likeness (QED) is 0.803. The largest absolute Gasteiger partial charge is 0.466 e. The number of ether oxygens (including phenoxy) is 1. The van der Waals surface area contributed by atoms with E-state index in [9.17, 15) is 9.59 Å². The molecule has 0 bridgehead atoms. The van der Waals surface area contributed by atoms with Crippen molar-refractivity contribution in [2.24, 2.45) is 10.9 Å². The second kappa shape index (κ2) is 6.30. The summed E-state index contributed by atoms with van der Waals surface area (Å²) in [6.07, 6.45) is 1.95. The third kappa shape index (κ3) is 2.89. The highest BCUT2D eigenvalue weighted by Crippen LogP contribution is 2.27. The molecule has 3 rings (SSSR count). The van der Waals surface area contributed by atoms with Gasteiger partial charge >= 0.3 is 5.97 Å². The van der Waals surface area contributed by atoms with Gasteiger partial charge in [0.1, 0.15) is 5.71 Å². The van der Waals surface area contributed by atoms with Gasteiger partial charge in [0.25, 0.3) is 5.91 Å². The van der Waals surface area contributed by atoms with E-state index in [2.05, 4.69) is 4.99 Å². The van der Waals surface area contributed by atoms with Gasteiger partial charge < -0.3 is 9.64 Å². The highest BCUT2D eigenvalue weighted by Gasteiger charge is 2.31. The lowest BCUT2D eigenvalue weighted by Gasteiger charge is -2.30. The Morgan fingerprint density at radius 3 is 2.68 bits per heavy atom. The highest BCUT2D eigenvalue weighted by atomic mass is 16.5. The minimum Gasteiger partial charge on any atom is -0.466 e. The molecule has 0 spiro atoms. The number of piperidine rings is 1. The molecule has 1 fully saturated rings. The molecule has 5 heteroatoms. The van der Waals surface area contributed by atoms with Crippen molar-refractivity contribution in [2.75, 3.05) is 19.7 Å². The summed E-state index contributed by atoms with van der Waals surface area (Å²) in [6.45, 7) is 3.41. The van der Waals surface area contributed by atoms with E-state index in [0.29, 0.717) is 44.7 Å². The summed E-state index contributed by atoms with van der Waals surface area (Å²) >= 11 is 0. The van der Waals surface area contributed by atoms with Crippen LogP contribution in [0.2, 0.25) is 0 Å². The summed E-state index contributed by atoms with van der Waals surface area (Å²) < 4.78 is 5.05. The van der Waals surface area contributed by atoms with Crippen molar-refractivity contribution >= 4 is 23.3 Å². The predicted molar refractivity (Wildman–Crippen MR) is 83.2 cm³/mol. The summed E-state index contributed by atoms with van der Waals surface area (Å²) in [5.41, 5.74) is 2.61. The number of fused-ring (bicyclic) bond motifs is 1. The molecule has 0 aromatic heterocycles. The molecule has 2 aliphatic heterocycles. The Kier molecular flexibility index (Phi) is 4.22. The second-order valence-electron chi connectivity index (χ2n) is 5.68. The first-order chi connectivity index (χ1) is 10.7. The molecule has 0 radical (unpaired) electrons. The van der Waals surface area contributed by atoms with Crippen LogP contribution in [0.25, 0.3) is 0 Å². The van der Waals surface area contributed by atoms with Gasteiger partial charge in [-0.1, -0.05) is 18.2 Å². The van der Waals surface area contributed by atoms with Gasteiger partial charge in [0.05, 0.1) is 18.2 Å². The van der Waals surface area contributed by atoms with E-state index in [0.717, 1.165) is 11.3 Å². The van der Waals surface area contributed by atoms with Gasteiger partial charge in [-0.3, -0.25) is 9.59 Å². The van der Waals surface area contributed by atoms with E-state index in [1.165, 1.54) is 0 Å². The first-order valence-electron chi connectivity index (χ1n) is 7.80. The van der Waals surface area contributed by atoms with Gasteiger partial charge in [-0.25, -0.2) is 4.99 Å². The number of para-hydroxylation sites is 1. The average molecular weight is 300 g/mol. The van der Waals surface area contributed by atoms with Crippen LogP contribution in [-0.4, -0.2) is 42.2 Å². The molecule has 2 heterocycles. The fourth-order valence-electron chi connectivity index (χ4n) is 3.02. The Labute approximate surface area is 130 Å². The van der Waals surface area contributed by atoms with Crippen LogP contribution in [0.15, 0.2) is 29.3 Å². The average Bonchev–Trinajstić information content (AvgIpc) is 2.98. The number of benzene rings is 1. The summed E-state index contributed by atoms with van der Waals surface area (Å²) in [7, 11) is 0. The molecule has 1 aromatic carbocycles. The number of carbonyl (C=O) groups excluding carboxylic acids is 2. The van der Waals surface area contributed by atoms with Crippen LogP contribution in [0.5, 0.6) is 0 Å². The van der Waals surface area contributed by atoms with Crippen molar-refractivity contribution in [2.45, 2.75) is 26.2 Å². The van der Waals surface area contributed by atoms with E-state index in [4.69, 9.17) is 4.74 Å². The normalized spacial score (nSPS) is 17.9. The lowest BCUT2D eigenvalue weighted by molar-refractivity contribution is -0.150. The van der Waals surface area contributed by atoms with E-state index in [-0.39, 0.29) is 17.8 Å². The van der Waals surface area contributed by atoms with Crippen LogP contribution in [0.3, 0.4) is 0 Å². The van der Waals surface area contributed by atoms with Gasteiger partial charge in [-0.2, -0.15) is 0 Å². The maximum absolute atomic E-state index is 12.6. The highest BCUT2D eigenvalue weighted by molar-refractivity contribution is 6.40. The number of esters is 1. The maximum atomic E-state index is 12.6. The molecule has 0 saturated carbocycles. The van der Waals surface area contributed by atoms with Gasteiger partial charge in [-0.15, -0.1) is 0 Å². The molecule has 2 aliphatic rings. The predicted octanol–water partition coefficient (Wildman–Crippen LogP) is 2.12. The maximum Gasteiger partial charge on any atom is 0.309 e. The van der Waals surface area contributed by atoms with Gasteiger partial charge in [-0.05, 0) is 31.4 Å². The number of amides is 1. The Morgan fingerprint density at radius 1 is 1.27 bits per heavy atom. The first-order valence-corrected chi connectivity index (χ1v) is 7.80. The zero-order valence-electron chi connectivity index (χ0n) is 12.7. The van der Waals surface area contributed by atoms with Crippen molar-refractivity contribution < 1.29 is 14.3 Å². The summed E-state index contributed by atoms with van der Waals surface area (Å²) in [4.78, 5) is 30.5. The van der Waals surface area contributed by atoms with Crippen molar-refractivity contribution in [3.05, 3.63) is 29.8 Å². The standard InChI is InChI=1S/C17H20N2O3/c1-2-22-17(21)12-7-9-19(10-8-12)16(20)15-11-13-5-3-4-6-14(13)18-15/h3-6,12H,2,7-11H2,1H3. The third-order valence-corrected chi connectivity index (χ3v) is 4.25. The minimum absolute atomic E-state index is 0.00138. The number of hydrogen-bond acceptors (Lipinski definition) is 4. The van der Waals surface area contributed by atoms with Crippen molar-refractivity contribution in [3.63, 3.8) is 0 Å². The summed E-state index contributed by atoms with van der Waals surface area (Å²) in [6, 6.07) is 7.84. The molecular formula is C17H20N2O3. The minimum atomic E-state index is -0.139. The van der Waals surface area contributed by atoms with E-state index in [1.807, 2.05) is 31.2 Å². The van der Waals surface area contributed by atoms with Crippen molar-refractivity contribution in [1.82, 2.24) is 4.90 Å². The molecule has 0 N–H and O–H groups in total. The first kappa shape index (κ1) is 14.8. The molecule has 1 amide bonds. The zero-order chi connectivity index (χ0) is 15.5. The van der Waals surface area contributed by atoms with Crippen LogP contribution in [0, 0.1) is 5.92 Å². The molecule has 0 atom stereocenters. The SMILES string of the molecule is CCOC(=O)C1CCN(C(=O)C2=Nc3ccccc3C2)CC1. The van der Waals surface area contributed by atoms with Crippen molar-refractivity contribution in [3.8, 4) is 0 Å². The molecule has 0 unspecified atom stereocenters. The van der Waals surface area contributed by atoms with Gasteiger partial charge in [0, 0.05) is 19.5 Å². The van der Waals surface area contributed by atoms with Crippen LogP contribution in [0.4, 0.5) is 5.69 Å². The van der Waals surface area contributed by atoms with E-state index in [1.54, 1.807) is 4.90 Å². The van der Waals surface area contributed by atoms with Crippen LogP contribution in [-0.2, 0) is 20.7 Å². The number of carbonyl (C=O) groups is 2. The monoisotopic (exact) mass is 300 g/mol. The second-order valence-corrected chi connectivity index (χ2v) is 5.68. The molecule has 22 heavy (non-hydrogen) atoms. The molecule has 0 aliphatic carbocycles. The summed E-state index contributed by atoms with van der Waals surface area (Å²) in [5.74, 6) is -0.217. The van der Waals surface area contributed by atoms with Crippen LogP contribution in [0.1, 0.15) is 25.3 Å².